The van der Waals surface area contributed by atoms with Crippen LogP contribution in [0.15, 0.2) is 59.5 Å². The zero-order chi connectivity index (χ0) is 20.0. The topological polar surface area (TPSA) is 75.7 Å². The van der Waals surface area contributed by atoms with E-state index in [1.807, 2.05) is 31.2 Å². The van der Waals surface area contributed by atoms with Gasteiger partial charge in [-0.1, -0.05) is 24.3 Å². The molecule has 0 aliphatic heterocycles. The van der Waals surface area contributed by atoms with Crippen molar-refractivity contribution in [1.29, 1.82) is 0 Å². The van der Waals surface area contributed by atoms with Gasteiger partial charge in [-0.05, 0) is 55.4 Å². The lowest BCUT2D eigenvalue weighted by atomic mass is 10.1. The SMILES string of the molecule is CNS(=O)(=O)c1ccc(/C=C/C(=O)N(C)C(C)c2ccc(OC)cc2)cc1. The van der Waals surface area contributed by atoms with E-state index in [1.54, 1.807) is 37.3 Å². The van der Waals surface area contributed by atoms with Crippen molar-refractivity contribution in [3.8, 4) is 5.75 Å². The van der Waals surface area contributed by atoms with E-state index < -0.39 is 10.0 Å². The van der Waals surface area contributed by atoms with E-state index >= 15 is 0 Å². The van der Waals surface area contributed by atoms with Gasteiger partial charge in [0.2, 0.25) is 15.9 Å². The smallest absolute Gasteiger partial charge is 0.246 e. The minimum atomic E-state index is -3.46. The molecule has 0 aliphatic rings. The zero-order valence-electron chi connectivity index (χ0n) is 15.8. The summed E-state index contributed by atoms with van der Waals surface area (Å²) < 4.78 is 30.9. The van der Waals surface area contributed by atoms with Crippen molar-refractivity contribution in [3.05, 3.63) is 65.7 Å². The van der Waals surface area contributed by atoms with Crippen LogP contribution in [0.25, 0.3) is 6.08 Å². The summed E-state index contributed by atoms with van der Waals surface area (Å²) in [6, 6.07) is 13.8. The molecule has 27 heavy (non-hydrogen) atoms. The van der Waals surface area contributed by atoms with Crippen LogP contribution >= 0.6 is 0 Å². The molecular formula is C20H24N2O4S. The molecular weight excluding hydrogens is 364 g/mol. The average Bonchev–Trinajstić information content (AvgIpc) is 2.71. The van der Waals surface area contributed by atoms with Gasteiger partial charge in [-0.25, -0.2) is 13.1 Å². The maximum Gasteiger partial charge on any atom is 0.246 e. The number of sulfonamides is 1. The van der Waals surface area contributed by atoms with Crippen molar-refractivity contribution >= 4 is 22.0 Å². The largest absolute Gasteiger partial charge is 0.497 e. The summed E-state index contributed by atoms with van der Waals surface area (Å²) in [6.45, 7) is 1.95. The highest BCUT2D eigenvalue weighted by atomic mass is 32.2. The number of methoxy groups -OCH3 is 1. The van der Waals surface area contributed by atoms with Gasteiger partial charge in [0.1, 0.15) is 5.75 Å². The van der Waals surface area contributed by atoms with Crippen molar-refractivity contribution in [3.63, 3.8) is 0 Å². The number of hydrogen-bond acceptors (Lipinski definition) is 4. The monoisotopic (exact) mass is 388 g/mol. The minimum Gasteiger partial charge on any atom is -0.497 e. The van der Waals surface area contributed by atoms with Crippen LogP contribution < -0.4 is 9.46 Å². The van der Waals surface area contributed by atoms with E-state index in [0.29, 0.717) is 0 Å². The molecule has 0 heterocycles. The van der Waals surface area contributed by atoms with Crippen LogP contribution in [0.5, 0.6) is 5.75 Å². The molecule has 0 aliphatic carbocycles. The lowest BCUT2D eigenvalue weighted by Crippen LogP contribution is -2.27. The van der Waals surface area contributed by atoms with Crippen LogP contribution in [0.1, 0.15) is 24.1 Å². The number of hydrogen-bond donors (Lipinski definition) is 1. The van der Waals surface area contributed by atoms with Crippen LogP contribution in [0.4, 0.5) is 0 Å². The fourth-order valence-electron chi connectivity index (χ4n) is 2.46. The van der Waals surface area contributed by atoms with E-state index in [-0.39, 0.29) is 16.8 Å². The Morgan fingerprint density at radius 1 is 1.11 bits per heavy atom. The van der Waals surface area contributed by atoms with Gasteiger partial charge in [0.15, 0.2) is 0 Å². The third kappa shape index (κ3) is 5.18. The fourth-order valence-corrected chi connectivity index (χ4v) is 3.19. The molecule has 1 unspecified atom stereocenters. The molecule has 2 aromatic carbocycles. The molecule has 7 heteroatoms. The van der Waals surface area contributed by atoms with E-state index in [4.69, 9.17) is 4.74 Å². The Bertz CT molecular complexity index is 904. The van der Waals surface area contributed by atoms with Gasteiger partial charge in [-0.2, -0.15) is 0 Å². The van der Waals surface area contributed by atoms with Crippen LogP contribution in [0.3, 0.4) is 0 Å². The number of carbonyl (C=O) groups excluding carboxylic acids is 1. The second-order valence-corrected chi connectivity index (χ2v) is 7.89. The normalized spacial score (nSPS) is 12.7. The molecule has 0 saturated carbocycles. The molecule has 144 valence electrons. The minimum absolute atomic E-state index is 0.101. The van der Waals surface area contributed by atoms with E-state index in [9.17, 15) is 13.2 Å². The van der Waals surface area contributed by atoms with Gasteiger partial charge in [0.25, 0.3) is 0 Å². The molecule has 2 aromatic rings. The highest BCUT2D eigenvalue weighted by molar-refractivity contribution is 7.89. The Morgan fingerprint density at radius 2 is 1.70 bits per heavy atom. The predicted molar refractivity (Wildman–Crippen MR) is 106 cm³/mol. The van der Waals surface area contributed by atoms with Gasteiger partial charge in [0.05, 0.1) is 18.0 Å². The molecule has 0 aromatic heterocycles. The third-order valence-electron chi connectivity index (χ3n) is 4.40. The molecule has 1 N–H and O–H groups in total. The first-order chi connectivity index (χ1) is 12.8. The second-order valence-electron chi connectivity index (χ2n) is 6.01. The van der Waals surface area contributed by atoms with Crippen molar-refractivity contribution in [2.24, 2.45) is 0 Å². The van der Waals surface area contributed by atoms with Crippen LogP contribution in [0.2, 0.25) is 0 Å². The van der Waals surface area contributed by atoms with Crippen molar-refractivity contribution in [1.82, 2.24) is 9.62 Å². The molecule has 2 rings (SSSR count). The number of amides is 1. The van der Waals surface area contributed by atoms with Crippen LogP contribution in [0, 0.1) is 0 Å². The third-order valence-corrected chi connectivity index (χ3v) is 5.83. The maximum atomic E-state index is 12.4. The van der Waals surface area contributed by atoms with Crippen molar-refractivity contribution < 1.29 is 17.9 Å². The Balaban J connectivity index is 2.06. The van der Waals surface area contributed by atoms with Crippen molar-refractivity contribution in [2.75, 3.05) is 21.2 Å². The van der Waals surface area contributed by atoms with Gasteiger partial charge in [-0.3, -0.25) is 4.79 Å². The molecule has 6 nitrogen and oxygen atoms in total. The lowest BCUT2D eigenvalue weighted by molar-refractivity contribution is -0.126. The summed E-state index contributed by atoms with van der Waals surface area (Å²) in [6.07, 6.45) is 3.14. The number of nitrogens with zero attached hydrogens (tertiary/aromatic N) is 1. The van der Waals surface area contributed by atoms with E-state index in [1.165, 1.54) is 25.3 Å². The van der Waals surface area contributed by atoms with Gasteiger partial charge >= 0.3 is 0 Å². The van der Waals surface area contributed by atoms with Gasteiger partial charge in [0, 0.05) is 13.1 Å². The first kappa shape index (κ1) is 20.7. The molecule has 0 spiro atoms. The number of nitrogens with one attached hydrogen (secondary N) is 1. The second kappa shape index (κ2) is 8.83. The lowest BCUT2D eigenvalue weighted by Gasteiger charge is -2.24. The first-order valence-electron chi connectivity index (χ1n) is 8.41. The summed E-state index contributed by atoms with van der Waals surface area (Å²) in [5, 5.41) is 0. The molecule has 0 bridgehead atoms. The number of rotatable bonds is 7. The standard InChI is InChI=1S/C20H24N2O4S/c1-15(17-8-10-18(26-4)11-9-17)22(3)20(23)14-7-16-5-12-19(13-6-16)27(24,25)21-2/h5-15,21H,1-4H3/b14-7+. The number of likely N-dealkylation sites (N-methyl/N-ethyl adjacent to an activating group) is 1. The van der Waals surface area contributed by atoms with Crippen molar-refractivity contribution in [2.45, 2.75) is 17.9 Å². The van der Waals surface area contributed by atoms with Crippen LogP contribution in [-0.4, -0.2) is 40.4 Å². The van der Waals surface area contributed by atoms with E-state index in [0.717, 1.165) is 16.9 Å². The van der Waals surface area contributed by atoms with Gasteiger partial charge < -0.3 is 9.64 Å². The Labute approximate surface area is 160 Å². The number of ether oxygens (including phenoxy) is 1. The highest BCUT2D eigenvalue weighted by Crippen LogP contribution is 2.22. The number of carbonyl (C=O) groups is 1. The summed E-state index contributed by atoms with van der Waals surface area (Å²) in [5.74, 6) is 0.619. The summed E-state index contributed by atoms with van der Waals surface area (Å²) in [4.78, 5) is 14.3. The molecule has 0 saturated heterocycles. The Morgan fingerprint density at radius 3 is 2.22 bits per heavy atom. The first-order valence-corrected chi connectivity index (χ1v) is 9.89. The van der Waals surface area contributed by atoms with E-state index in [2.05, 4.69) is 4.72 Å². The quantitative estimate of drug-likeness (QED) is 0.740. The average molecular weight is 388 g/mol. The molecule has 1 atom stereocenters. The summed E-state index contributed by atoms with van der Waals surface area (Å²) >= 11 is 0. The maximum absolute atomic E-state index is 12.4. The Kier molecular flexibility index (Phi) is 6.76. The molecule has 0 fully saturated rings. The zero-order valence-corrected chi connectivity index (χ0v) is 16.7. The number of benzene rings is 2. The summed E-state index contributed by atoms with van der Waals surface area (Å²) in [7, 11) is 1.25. The van der Waals surface area contributed by atoms with Gasteiger partial charge in [-0.15, -0.1) is 0 Å². The molecule has 0 radical (unpaired) electrons. The highest BCUT2D eigenvalue weighted by Gasteiger charge is 2.15. The predicted octanol–water partition coefficient (Wildman–Crippen LogP) is 2.84. The Hall–Kier alpha value is -2.64. The van der Waals surface area contributed by atoms with Crippen LogP contribution in [-0.2, 0) is 14.8 Å². The fraction of sp³-hybridized carbons (Fsp3) is 0.250. The molecule has 1 amide bonds. The summed E-state index contributed by atoms with van der Waals surface area (Å²) in [5.41, 5.74) is 1.74.